The quantitative estimate of drug-likeness (QED) is 0.420. The van der Waals surface area contributed by atoms with Crippen LogP contribution < -0.4 is 0 Å². The van der Waals surface area contributed by atoms with E-state index >= 15 is 0 Å². The van der Waals surface area contributed by atoms with Crippen molar-refractivity contribution in [1.82, 2.24) is 29.7 Å². The van der Waals surface area contributed by atoms with Crippen LogP contribution in [0.2, 0.25) is 0 Å². The lowest BCUT2D eigenvalue weighted by Gasteiger charge is -2.24. The monoisotopic (exact) mass is 450 g/mol. The second kappa shape index (κ2) is 8.74. The highest BCUT2D eigenvalue weighted by Gasteiger charge is 2.21. The number of benzene rings is 1. The predicted octanol–water partition coefficient (Wildman–Crippen LogP) is 4.98. The molecule has 0 fully saturated rings. The molecule has 1 atom stereocenters. The van der Waals surface area contributed by atoms with Crippen LogP contribution in [0.3, 0.4) is 0 Å². The highest BCUT2D eigenvalue weighted by atomic mass is 35.5. The van der Waals surface area contributed by atoms with Crippen molar-refractivity contribution in [3.8, 4) is 22.5 Å². The Kier molecular flexibility index (Phi) is 6.02. The number of aromatic nitrogens is 5. The third-order valence-corrected chi connectivity index (χ3v) is 6.21. The second-order valence-electron chi connectivity index (χ2n) is 8.39. The van der Waals surface area contributed by atoms with E-state index in [1.807, 2.05) is 32.2 Å². The first-order chi connectivity index (χ1) is 15.3. The van der Waals surface area contributed by atoms with Crippen molar-refractivity contribution in [3.05, 3.63) is 59.5 Å². The summed E-state index contributed by atoms with van der Waals surface area (Å²) in [6, 6.07) is 10.3. The molecule has 4 rings (SSSR count). The minimum atomic E-state index is -0.0943. The molecule has 0 bridgehead atoms. The second-order valence-corrected chi connectivity index (χ2v) is 8.66. The minimum absolute atomic E-state index is 0.0204. The maximum absolute atomic E-state index is 11.9. The average molecular weight is 451 g/mol. The van der Waals surface area contributed by atoms with Crippen molar-refractivity contribution in [2.75, 3.05) is 12.9 Å². The molecule has 3 heterocycles. The molecule has 0 unspecified atom stereocenters. The summed E-state index contributed by atoms with van der Waals surface area (Å²) in [7, 11) is 1.77. The van der Waals surface area contributed by atoms with Crippen molar-refractivity contribution < 1.29 is 4.79 Å². The fourth-order valence-corrected chi connectivity index (χ4v) is 4.23. The van der Waals surface area contributed by atoms with Gasteiger partial charge in [0.1, 0.15) is 12.2 Å². The predicted molar refractivity (Wildman–Crippen MR) is 127 cm³/mol. The molecule has 0 aliphatic heterocycles. The molecule has 0 spiro atoms. The standard InChI is InChI=1S/C24H27ClN6O/c1-14(2)21-22(18-8-6-17(7-9-18)16(4)30(5)20(32)11-25)28-29-23(21)19-10-15(3)24-26-13-27-31(24)12-19/h6-10,12-14,16H,11H2,1-5H3,(H,28,29)/t16-/m0/s1. The van der Waals surface area contributed by atoms with Gasteiger partial charge in [-0.2, -0.15) is 10.2 Å². The van der Waals surface area contributed by atoms with Gasteiger partial charge in [-0.3, -0.25) is 9.89 Å². The summed E-state index contributed by atoms with van der Waals surface area (Å²) in [5, 5.41) is 12.2. The van der Waals surface area contributed by atoms with Gasteiger partial charge in [-0.25, -0.2) is 9.50 Å². The number of fused-ring (bicyclic) bond motifs is 1. The molecule has 4 aromatic rings. The fourth-order valence-electron chi connectivity index (χ4n) is 4.04. The van der Waals surface area contributed by atoms with Gasteiger partial charge in [0.25, 0.3) is 0 Å². The number of hydrogen-bond donors (Lipinski definition) is 1. The normalized spacial score (nSPS) is 12.5. The van der Waals surface area contributed by atoms with Crippen molar-refractivity contribution in [3.63, 3.8) is 0 Å². The van der Waals surface area contributed by atoms with Crippen LogP contribution >= 0.6 is 11.6 Å². The highest BCUT2D eigenvalue weighted by Crippen LogP contribution is 2.36. The average Bonchev–Trinajstić information content (AvgIpc) is 3.45. The number of amides is 1. The van der Waals surface area contributed by atoms with Crippen LogP contribution in [0.15, 0.2) is 42.9 Å². The summed E-state index contributed by atoms with van der Waals surface area (Å²) in [6.45, 7) is 8.36. The lowest BCUT2D eigenvalue weighted by Crippen LogP contribution is -2.30. The van der Waals surface area contributed by atoms with E-state index in [1.54, 1.807) is 22.8 Å². The number of nitrogens with one attached hydrogen (secondary N) is 1. The molecule has 7 nitrogen and oxygen atoms in total. The van der Waals surface area contributed by atoms with Crippen LogP contribution in [0.4, 0.5) is 0 Å². The zero-order valence-corrected chi connectivity index (χ0v) is 19.7. The number of carbonyl (C=O) groups is 1. The van der Waals surface area contributed by atoms with E-state index in [9.17, 15) is 4.79 Å². The van der Waals surface area contributed by atoms with E-state index in [4.69, 9.17) is 11.6 Å². The molecule has 166 valence electrons. The van der Waals surface area contributed by atoms with E-state index in [0.717, 1.165) is 44.9 Å². The number of aromatic amines is 1. The van der Waals surface area contributed by atoms with Gasteiger partial charge in [-0.1, -0.05) is 38.1 Å². The SMILES string of the molecule is Cc1cc(-c2n[nH]c(-c3ccc([C@H](C)N(C)C(=O)CCl)cc3)c2C(C)C)cn2ncnc12. The largest absolute Gasteiger partial charge is 0.338 e. The van der Waals surface area contributed by atoms with Crippen molar-refractivity contribution >= 4 is 23.2 Å². The molecule has 3 aromatic heterocycles. The van der Waals surface area contributed by atoms with Gasteiger partial charge in [0.15, 0.2) is 5.65 Å². The molecule has 1 aromatic carbocycles. The molecular weight excluding hydrogens is 424 g/mol. The number of nitrogens with zero attached hydrogens (tertiary/aromatic N) is 5. The van der Waals surface area contributed by atoms with E-state index in [2.05, 4.69) is 52.3 Å². The summed E-state index contributed by atoms with van der Waals surface area (Å²) in [5.41, 5.74) is 8.06. The Labute approximate surface area is 192 Å². The fraction of sp³-hybridized carbons (Fsp3) is 0.333. The maximum atomic E-state index is 11.9. The van der Waals surface area contributed by atoms with Crippen LogP contribution in [0.5, 0.6) is 0 Å². The highest BCUT2D eigenvalue weighted by molar-refractivity contribution is 6.27. The third-order valence-electron chi connectivity index (χ3n) is 5.98. The van der Waals surface area contributed by atoms with Gasteiger partial charge in [0.2, 0.25) is 5.91 Å². The molecule has 0 aliphatic rings. The lowest BCUT2D eigenvalue weighted by molar-refractivity contribution is -0.129. The first kappa shape index (κ1) is 22.0. The summed E-state index contributed by atoms with van der Waals surface area (Å²) >= 11 is 5.71. The first-order valence-electron chi connectivity index (χ1n) is 10.6. The molecule has 0 radical (unpaired) electrons. The van der Waals surface area contributed by atoms with Gasteiger partial charge < -0.3 is 4.90 Å². The Morgan fingerprint density at radius 3 is 2.56 bits per heavy atom. The van der Waals surface area contributed by atoms with Gasteiger partial charge in [-0.15, -0.1) is 11.6 Å². The van der Waals surface area contributed by atoms with Crippen molar-refractivity contribution in [2.45, 2.75) is 39.7 Å². The Bertz CT molecular complexity index is 1260. The van der Waals surface area contributed by atoms with Crippen molar-refractivity contribution in [2.24, 2.45) is 0 Å². The number of alkyl halides is 1. The number of carbonyl (C=O) groups excluding carboxylic acids is 1. The molecule has 0 saturated heterocycles. The number of rotatable bonds is 6. The van der Waals surface area contributed by atoms with E-state index in [1.165, 1.54) is 0 Å². The Morgan fingerprint density at radius 2 is 1.91 bits per heavy atom. The molecule has 32 heavy (non-hydrogen) atoms. The van der Waals surface area contributed by atoms with Crippen LogP contribution in [0, 0.1) is 6.92 Å². The molecule has 1 amide bonds. The van der Waals surface area contributed by atoms with E-state index in [-0.39, 0.29) is 23.7 Å². The van der Waals surface area contributed by atoms with Gasteiger partial charge >= 0.3 is 0 Å². The smallest absolute Gasteiger partial charge is 0.237 e. The number of halogens is 1. The number of hydrogen-bond acceptors (Lipinski definition) is 4. The molecule has 8 heteroatoms. The van der Waals surface area contributed by atoms with Crippen LogP contribution in [-0.4, -0.2) is 48.5 Å². The first-order valence-corrected chi connectivity index (χ1v) is 11.2. The molecule has 0 saturated carbocycles. The molecular formula is C24H27ClN6O. The zero-order valence-electron chi connectivity index (χ0n) is 18.9. The Hall–Kier alpha value is -3.19. The van der Waals surface area contributed by atoms with E-state index in [0.29, 0.717) is 0 Å². The zero-order chi connectivity index (χ0) is 23.0. The molecule has 1 N–H and O–H groups in total. The summed E-state index contributed by atoms with van der Waals surface area (Å²) in [5.74, 6) is 0.146. The maximum Gasteiger partial charge on any atom is 0.237 e. The molecule has 0 aliphatic carbocycles. The summed E-state index contributed by atoms with van der Waals surface area (Å²) in [6.07, 6.45) is 3.53. The van der Waals surface area contributed by atoms with Crippen LogP contribution in [0.25, 0.3) is 28.2 Å². The third kappa shape index (κ3) is 3.88. The Balaban J connectivity index is 1.72. The van der Waals surface area contributed by atoms with E-state index < -0.39 is 0 Å². The summed E-state index contributed by atoms with van der Waals surface area (Å²) < 4.78 is 1.79. The number of pyridine rings is 1. The lowest BCUT2D eigenvalue weighted by atomic mass is 9.93. The minimum Gasteiger partial charge on any atom is -0.338 e. The van der Waals surface area contributed by atoms with Gasteiger partial charge in [-0.05, 0) is 42.5 Å². The van der Waals surface area contributed by atoms with Gasteiger partial charge in [0.05, 0.1) is 17.4 Å². The van der Waals surface area contributed by atoms with Gasteiger partial charge in [0, 0.05) is 24.4 Å². The van der Waals surface area contributed by atoms with Crippen LogP contribution in [0.1, 0.15) is 49.4 Å². The number of H-pyrrole nitrogens is 1. The summed E-state index contributed by atoms with van der Waals surface area (Å²) in [4.78, 5) is 17.9. The number of aryl methyl sites for hydroxylation is 1. The van der Waals surface area contributed by atoms with Crippen LogP contribution in [-0.2, 0) is 4.79 Å². The topological polar surface area (TPSA) is 79.2 Å². The Morgan fingerprint density at radius 1 is 1.19 bits per heavy atom. The van der Waals surface area contributed by atoms with Crippen molar-refractivity contribution in [1.29, 1.82) is 0 Å².